The Balaban J connectivity index is 1.69. The summed E-state index contributed by atoms with van der Waals surface area (Å²) in [6.07, 6.45) is 11.2. The lowest BCUT2D eigenvalue weighted by molar-refractivity contribution is -0.114. The molecule has 24 heavy (non-hydrogen) atoms. The van der Waals surface area contributed by atoms with Gasteiger partial charge >= 0.3 is 0 Å². The Hall–Kier alpha value is -1.09. The Morgan fingerprint density at radius 1 is 1.21 bits per heavy atom. The van der Waals surface area contributed by atoms with Crippen LogP contribution in [0.3, 0.4) is 0 Å². The van der Waals surface area contributed by atoms with Crippen molar-refractivity contribution in [1.29, 1.82) is 0 Å². The molecule has 4 aliphatic carbocycles. The predicted molar refractivity (Wildman–Crippen MR) is 93.6 cm³/mol. The molecule has 132 valence electrons. The summed E-state index contributed by atoms with van der Waals surface area (Å²) in [6.45, 7) is 4.79. The lowest BCUT2D eigenvalue weighted by atomic mass is 9.47. The monoisotopic (exact) mass is 330 g/mol. The van der Waals surface area contributed by atoms with E-state index in [2.05, 4.69) is 13.8 Å². The van der Waals surface area contributed by atoms with Crippen molar-refractivity contribution in [2.45, 2.75) is 64.9 Å². The number of carbonyl (C=O) groups is 1. The van der Waals surface area contributed by atoms with Crippen LogP contribution in [0.5, 0.6) is 0 Å². The van der Waals surface area contributed by atoms with E-state index in [-0.39, 0.29) is 11.2 Å². The van der Waals surface area contributed by atoms with Crippen molar-refractivity contribution in [3.8, 4) is 0 Å². The van der Waals surface area contributed by atoms with Gasteiger partial charge < -0.3 is 9.84 Å². The van der Waals surface area contributed by atoms with Crippen molar-refractivity contribution < 1.29 is 14.6 Å². The first kappa shape index (κ1) is 16.4. The second-order valence-electron chi connectivity index (χ2n) is 9.04. The SMILES string of the molecule is CO[C@H]1CC[C@H]2[C@@H]3CCC4=CC(=O)C(=CO)C[C@]4(C)[C@H]3CC[C@]12C. The molecule has 0 aromatic rings. The first-order valence-electron chi connectivity index (χ1n) is 9.55. The van der Waals surface area contributed by atoms with Gasteiger partial charge in [-0.05, 0) is 79.6 Å². The zero-order valence-electron chi connectivity index (χ0n) is 15.2. The van der Waals surface area contributed by atoms with E-state index in [4.69, 9.17) is 4.74 Å². The van der Waals surface area contributed by atoms with Gasteiger partial charge in [0.2, 0.25) is 0 Å². The van der Waals surface area contributed by atoms with Crippen molar-refractivity contribution in [2.75, 3.05) is 7.11 Å². The Kier molecular flexibility index (Phi) is 3.72. The highest BCUT2D eigenvalue weighted by atomic mass is 16.5. The Labute approximate surface area is 145 Å². The third kappa shape index (κ3) is 2.03. The quantitative estimate of drug-likeness (QED) is 0.565. The molecule has 4 rings (SSSR count). The van der Waals surface area contributed by atoms with E-state index in [0.29, 0.717) is 29.4 Å². The second kappa shape index (κ2) is 5.45. The number of methoxy groups -OCH3 is 1. The smallest absolute Gasteiger partial charge is 0.184 e. The summed E-state index contributed by atoms with van der Waals surface area (Å²) in [5.41, 5.74) is 2.31. The molecule has 0 aromatic carbocycles. The van der Waals surface area contributed by atoms with Gasteiger partial charge in [-0.3, -0.25) is 4.79 Å². The summed E-state index contributed by atoms with van der Waals surface area (Å²) in [7, 11) is 1.87. The van der Waals surface area contributed by atoms with Crippen LogP contribution >= 0.6 is 0 Å². The van der Waals surface area contributed by atoms with E-state index in [9.17, 15) is 9.90 Å². The molecule has 6 atom stereocenters. The fraction of sp³-hybridized carbons (Fsp3) is 0.762. The van der Waals surface area contributed by atoms with Crippen molar-refractivity contribution in [2.24, 2.45) is 28.6 Å². The molecule has 0 spiro atoms. The summed E-state index contributed by atoms with van der Waals surface area (Å²) < 4.78 is 5.85. The van der Waals surface area contributed by atoms with Crippen LogP contribution in [0.4, 0.5) is 0 Å². The normalized spacial score (nSPS) is 49.4. The molecular formula is C21H30O3. The molecule has 3 heteroatoms. The van der Waals surface area contributed by atoms with Crippen molar-refractivity contribution >= 4 is 5.78 Å². The van der Waals surface area contributed by atoms with E-state index in [1.807, 2.05) is 13.2 Å². The number of hydrogen-bond acceptors (Lipinski definition) is 3. The van der Waals surface area contributed by atoms with Crippen LogP contribution in [-0.4, -0.2) is 24.1 Å². The highest BCUT2D eigenvalue weighted by Gasteiger charge is 2.59. The zero-order chi connectivity index (χ0) is 17.1. The first-order chi connectivity index (χ1) is 11.4. The summed E-state index contributed by atoms with van der Waals surface area (Å²) in [6, 6.07) is 0. The standard InChI is InChI=1S/C21H30O3/c1-20-9-8-17-15(16(20)6-7-19(20)24-3)5-4-14-10-18(23)13(12-22)11-21(14,17)2/h10,12,15-17,19,22H,4-9,11H2,1-3H3/t15-,16-,17-,19-,20-,21-/m0/s1. The van der Waals surface area contributed by atoms with Gasteiger partial charge in [0.1, 0.15) is 0 Å². The van der Waals surface area contributed by atoms with Gasteiger partial charge in [0.05, 0.1) is 12.4 Å². The molecule has 3 fully saturated rings. The minimum atomic E-state index is 0.0180. The Morgan fingerprint density at radius 3 is 2.71 bits per heavy atom. The molecule has 0 aliphatic heterocycles. The summed E-state index contributed by atoms with van der Waals surface area (Å²) in [5.74, 6) is 2.14. The third-order valence-electron chi connectivity index (χ3n) is 8.27. The van der Waals surface area contributed by atoms with Crippen molar-refractivity contribution in [1.82, 2.24) is 0 Å². The predicted octanol–water partition coefficient (Wildman–Crippen LogP) is 4.59. The summed E-state index contributed by atoms with van der Waals surface area (Å²) in [4.78, 5) is 12.2. The summed E-state index contributed by atoms with van der Waals surface area (Å²) in [5, 5.41) is 9.49. The van der Waals surface area contributed by atoms with Gasteiger partial charge in [0.25, 0.3) is 0 Å². The third-order valence-corrected chi connectivity index (χ3v) is 8.27. The van der Waals surface area contributed by atoms with Gasteiger partial charge in [-0.25, -0.2) is 0 Å². The average molecular weight is 330 g/mol. The molecule has 4 aliphatic rings. The Bertz CT molecular complexity index is 619. The topological polar surface area (TPSA) is 46.5 Å². The number of aliphatic hydroxyl groups is 1. The van der Waals surface area contributed by atoms with Gasteiger partial charge in [0, 0.05) is 12.7 Å². The maximum absolute atomic E-state index is 12.2. The molecule has 0 unspecified atom stereocenters. The number of ether oxygens (including phenoxy) is 1. The van der Waals surface area contributed by atoms with Gasteiger partial charge in [0.15, 0.2) is 5.78 Å². The average Bonchev–Trinajstić information content (AvgIpc) is 2.91. The number of carbonyl (C=O) groups excluding carboxylic acids is 1. The molecular weight excluding hydrogens is 300 g/mol. The lowest BCUT2D eigenvalue weighted by Gasteiger charge is -2.58. The minimum Gasteiger partial charge on any atom is -0.515 e. The minimum absolute atomic E-state index is 0.0180. The van der Waals surface area contributed by atoms with Crippen LogP contribution in [0, 0.1) is 28.6 Å². The van der Waals surface area contributed by atoms with Crippen LogP contribution < -0.4 is 0 Å². The van der Waals surface area contributed by atoms with E-state index in [1.165, 1.54) is 37.7 Å². The molecule has 0 radical (unpaired) electrons. The maximum atomic E-state index is 12.2. The number of aliphatic hydroxyl groups excluding tert-OH is 1. The molecule has 0 aromatic heterocycles. The van der Waals surface area contributed by atoms with Gasteiger partial charge in [-0.1, -0.05) is 19.4 Å². The van der Waals surface area contributed by atoms with Gasteiger partial charge in [-0.15, -0.1) is 0 Å². The van der Waals surface area contributed by atoms with Crippen LogP contribution in [0.2, 0.25) is 0 Å². The highest BCUT2D eigenvalue weighted by molar-refractivity contribution is 6.05. The van der Waals surface area contributed by atoms with Gasteiger partial charge in [-0.2, -0.15) is 0 Å². The van der Waals surface area contributed by atoms with Crippen LogP contribution in [0.25, 0.3) is 0 Å². The molecule has 0 bridgehead atoms. The molecule has 3 nitrogen and oxygen atoms in total. The molecule has 0 heterocycles. The molecule has 0 saturated heterocycles. The fourth-order valence-electron chi connectivity index (χ4n) is 6.99. The number of hydrogen-bond donors (Lipinski definition) is 1. The number of fused-ring (bicyclic) bond motifs is 5. The van der Waals surface area contributed by atoms with Crippen LogP contribution in [-0.2, 0) is 9.53 Å². The zero-order valence-corrected chi connectivity index (χ0v) is 15.2. The lowest BCUT2D eigenvalue weighted by Crippen LogP contribution is -2.51. The van der Waals surface area contributed by atoms with Crippen molar-refractivity contribution in [3.63, 3.8) is 0 Å². The van der Waals surface area contributed by atoms with Crippen LogP contribution in [0.1, 0.15) is 58.8 Å². The van der Waals surface area contributed by atoms with E-state index in [0.717, 1.165) is 24.5 Å². The number of rotatable bonds is 1. The maximum Gasteiger partial charge on any atom is 0.184 e. The Morgan fingerprint density at radius 2 is 2.00 bits per heavy atom. The van der Waals surface area contributed by atoms with E-state index >= 15 is 0 Å². The van der Waals surface area contributed by atoms with Crippen molar-refractivity contribution in [3.05, 3.63) is 23.5 Å². The molecule has 3 saturated carbocycles. The van der Waals surface area contributed by atoms with E-state index < -0.39 is 0 Å². The fourth-order valence-corrected chi connectivity index (χ4v) is 6.99. The van der Waals surface area contributed by atoms with Crippen LogP contribution in [0.15, 0.2) is 23.5 Å². The van der Waals surface area contributed by atoms with E-state index in [1.54, 1.807) is 0 Å². The second-order valence-corrected chi connectivity index (χ2v) is 9.04. The molecule has 0 amide bonds. The summed E-state index contributed by atoms with van der Waals surface area (Å²) >= 11 is 0. The molecule has 1 N–H and O–H groups in total. The first-order valence-corrected chi connectivity index (χ1v) is 9.55. The number of allylic oxidation sites excluding steroid dienone is 2. The largest absolute Gasteiger partial charge is 0.515 e. The number of ketones is 1. The highest BCUT2D eigenvalue weighted by Crippen LogP contribution is 2.65.